The van der Waals surface area contributed by atoms with Crippen molar-refractivity contribution < 1.29 is 9.53 Å². The molecule has 5 nitrogen and oxygen atoms in total. The van der Waals surface area contributed by atoms with Crippen LogP contribution < -0.4 is 5.32 Å². The first-order chi connectivity index (χ1) is 9.15. The topological polar surface area (TPSA) is 56.2 Å². The molecule has 102 valence electrons. The summed E-state index contributed by atoms with van der Waals surface area (Å²) in [6, 6.07) is 1.92. The Bertz CT molecular complexity index is 576. The van der Waals surface area contributed by atoms with Gasteiger partial charge >= 0.3 is 0 Å². The molecule has 0 spiro atoms. The molecule has 0 aromatic carbocycles. The number of aryl methyl sites for hydroxylation is 2. The summed E-state index contributed by atoms with van der Waals surface area (Å²) >= 11 is 1.48. The number of hydrogen-bond donors (Lipinski definition) is 1. The van der Waals surface area contributed by atoms with E-state index >= 15 is 0 Å². The van der Waals surface area contributed by atoms with Crippen LogP contribution in [0.25, 0.3) is 10.2 Å². The third-order valence-corrected chi connectivity index (χ3v) is 4.63. The number of carbonyl (C=O) groups is 1. The summed E-state index contributed by atoms with van der Waals surface area (Å²) in [6.45, 7) is 3.38. The number of fused-ring (bicyclic) bond motifs is 1. The van der Waals surface area contributed by atoms with Gasteiger partial charge in [-0.15, -0.1) is 11.3 Å². The highest BCUT2D eigenvalue weighted by Gasteiger charge is 2.18. The highest BCUT2D eigenvalue weighted by atomic mass is 32.1. The predicted octanol–water partition coefficient (Wildman–Crippen LogP) is 1.85. The van der Waals surface area contributed by atoms with Crippen molar-refractivity contribution in [1.29, 1.82) is 0 Å². The van der Waals surface area contributed by atoms with Crippen molar-refractivity contribution >= 4 is 27.5 Å². The molecule has 1 aliphatic rings. The third-order valence-electron chi connectivity index (χ3n) is 3.43. The summed E-state index contributed by atoms with van der Waals surface area (Å²) in [7, 11) is 1.90. The number of hydrogen-bond acceptors (Lipinski definition) is 4. The van der Waals surface area contributed by atoms with Crippen LogP contribution in [-0.4, -0.2) is 34.9 Å². The second-order valence-corrected chi connectivity index (χ2v) is 5.91. The number of nitrogens with one attached hydrogen (secondary N) is 1. The molecule has 3 rings (SSSR count). The third kappa shape index (κ3) is 2.37. The Labute approximate surface area is 115 Å². The molecular weight excluding hydrogens is 262 g/mol. The van der Waals surface area contributed by atoms with Crippen molar-refractivity contribution in [2.24, 2.45) is 7.05 Å². The molecule has 1 aliphatic heterocycles. The molecule has 1 saturated heterocycles. The average Bonchev–Trinajstić information content (AvgIpc) is 3.08. The number of thiophene rings is 1. The zero-order chi connectivity index (χ0) is 13.4. The Hall–Kier alpha value is -1.40. The van der Waals surface area contributed by atoms with Gasteiger partial charge in [0.25, 0.3) is 5.91 Å². The van der Waals surface area contributed by atoms with Gasteiger partial charge in [-0.2, -0.15) is 5.10 Å². The smallest absolute Gasteiger partial charge is 0.261 e. The number of rotatable bonds is 3. The molecule has 0 aliphatic carbocycles. The van der Waals surface area contributed by atoms with Crippen LogP contribution in [0.3, 0.4) is 0 Å². The maximum Gasteiger partial charge on any atom is 0.261 e. The van der Waals surface area contributed by atoms with Gasteiger partial charge in [0, 0.05) is 25.6 Å². The maximum absolute atomic E-state index is 12.1. The lowest BCUT2D eigenvalue weighted by Gasteiger charge is -2.09. The Morgan fingerprint density at radius 1 is 1.68 bits per heavy atom. The van der Waals surface area contributed by atoms with Gasteiger partial charge in [0.2, 0.25) is 0 Å². The van der Waals surface area contributed by atoms with E-state index in [1.807, 2.05) is 24.7 Å². The number of amides is 1. The summed E-state index contributed by atoms with van der Waals surface area (Å²) in [5.41, 5.74) is 0.965. The first-order valence-corrected chi connectivity index (χ1v) is 7.30. The molecule has 1 unspecified atom stereocenters. The molecule has 19 heavy (non-hydrogen) atoms. The monoisotopic (exact) mass is 279 g/mol. The van der Waals surface area contributed by atoms with Crippen LogP contribution >= 0.6 is 11.3 Å². The lowest BCUT2D eigenvalue weighted by atomic mass is 10.2. The molecule has 2 aromatic heterocycles. The van der Waals surface area contributed by atoms with Crippen molar-refractivity contribution in [3.05, 3.63) is 16.6 Å². The summed E-state index contributed by atoms with van der Waals surface area (Å²) in [6.07, 6.45) is 2.31. The van der Waals surface area contributed by atoms with E-state index in [1.54, 1.807) is 0 Å². The molecule has 0 radical (unpaired) electrons. The highest BCUT2D eigenvalue weighted by molar-refractivity contribution is 7.20. The minimum Gasteiger partial charge on any atom is -0.376 e. The Balaban J connectivity index is 1.72. The maximum atomic E-state index is 12.1. The summed E-state index contributed by atoms with van der Waals surface area (Å²) in [5, 5.41) is 8.35. The van der Waals surface area contributed by atoms with Crippen LogP contribution in [0, 0.1) is 6.92 Å². The largest absolute Gasteiger partial charge is 0.376 e. The molecule has 6 heteroatoms. The molecule has 1 atom stereocenters. The quantitative estimate of drug-likeness (QED) is 0.933. The van der Waals surface area contributed by atoms with Gasteiger partial charge in [0.15, 0.2) is 0 Å². The molecule has 2 aromatic rings. The van der Waals surface area contributed by atoms with Gasteiger partial charge in [-0.3, -0.25) is 9.48 Å². The zero-order valence-electron chi connectivity index (χ0n) is 11.1. The highest BCUT2D eigenvalue weighted by Crippen LogP contribution is 2.27. The zero-order valence-corrected chi connectivity index (χ0v) is 11.9. The number of ether oxygens (including phenoxy) is 1. The van der Waals surface area contributed by atoms with Crippen molar-refractivity contribution in [2.45, 2.75) is 25.9 Å². The molecule has 1 N–H and O–H groups in total. The average molecular weight is 279 g/mol. The summed E-state index contributed by atoms with van der Waals surface area (Å²) in [5.74, 6) is -0.0175. The van der Waals surface area contributed by atoms with Crippen molar-refractivity contribution in [3.63, 3.8) is 0 Å². The fraction of sp³-hybridized carbons (Fsp3) is 0.538. The van der Waals surface area contributed by atoms with E-state index in [4.69, 9.17) is 4.74 Å². The van der Waals surface area contributed by atoms with Crippen LogP contribution in [0.15, 0.2) is 6.07 Å². The van der Waals surface area contributed by atoms with E-state index in [-0.39, 0.29) is 12.0 Å². The minimum atomic E-state index is -0.0175. The van der Waals surface area contributed by atoms with Gasteiger partial charge in [-0.1, -0.05) is 0 Å². The van der Waals surface area contributed by atoms with Crippen molar-refractivity contribution in [2.75, 3.05) is 13.2 Å². The van der Waals surface area contributed by atoms with E-state index < -0.39 is 0 Å². The molecule has 1 amide bonds. The Morgan fingerprint density at radius 2 is 2.53 bits per heavy atom. The molecule has 1 fully saturated rings. The van der Waals surface area contributed by atoms with E-state index in [1.165, 1.54) is 11.3 Å². The summed E-state index contributed by atoms with van der Waals surface area (Å²) in [4.78, 5) is 13.9. The fourth-order valence-electron chi connectivity index (χ4n) is 2.42. The van der Waals surface area contributed by atoms with Crippen LogP contribution in [0.5, 0.6) is 0 Å². The SMILES string of the molecule is Cc1nn(C)c2sc(C(=O)NCC3CCCO3)cc12. The minimum absolute atomic E-state index is 0.0175. The first-order valence-electron chi connectivity index (χ1n) is 6.48. The second-order valence-electron chi connectivity index (χ2n) is 4.88. The normalized spacial score (nSPS) is 19.2. The lowest BCUT2D eigenvalue weighted by Crippen LogP contribution is -2.31. The van der Waals surface area contributed by atoms with Crippen molar-refractivity contribution in [1.82, 2.24) is 15.1 Å². The van der Waals surface area contributed by atoms with Gasteiger partial charge in [0.05, 0.1) is 16.7 Å². The first kappa shape index (κ1) is 12.6. The van der Waals surface area contributed by atoms with Gasteiger partial charge in [-0.05, 0) is 25.8 Å². The van der Waals surface area contributed by atoms with Crippen LogP contribution in [0.1, 0.15) is 28.2 Å². The Kier molecular flexibility index (Phi) is 3.28. The van der Waals surface area contributed by atoms with Gasteiger partial charge < -0.3 is 10.1 Å². The van der Waals surface area contributed by atoms with E-state index in [9.17, 15) is 4.79 Å². The standard InChI is InChI=1S/C13H17N3O2S/c1-8-10-6-11(19-13(10)16(2)15-8)12(17)14-7-9-4-3-5-18-9/h6,9H,3-5,7H2,1-2H3,(H,14,17). The summed E-state index contributed by atoms with van der Waals surface area (Å²) < 4.78 is 7.32. The number of carbonyl (C=O) groups excluding carboxylic acids is 1. The van der Waals surface area contributed by atoms with E-state index in [0.29, 0.717) is 6.54 Å². The second kappa shape index (κ2) is 4.94. The van der Waals surface area contributed by atoms with Crippen LogP contribution in [0.2, 0.25) is 0 Å². The fourth-order valence-corrected chi connectivity index (χ4v) is 3.46. The van der Waals surface area contributed by atoms with Crippen LogP contribution in [-0.2, 0) is 11.8 Å². The Morgan fingerprint density at radius 3 is 3.21 bits per heavy atom. The van der Waals surface area contributed by atoms with Crippen molar-refractivity contribution in [3.8, 4) is 0 Å². The van der Waals surface area contributed by atoms with Gasteiger partial charge in [-0.25, -0.2) is 0 Å². The predicted molar refractivity (Wildman–Crippen MR) is 74.6 cm³/mol. The number of aromatic nitrogens is 2. The molecule has 0 saturated carbocycles. The lowest BCUT2D eigenvalue weighted by molar-refractivity contribution is 0.0861. The molecule has 0 bridgehead atoms. The van der Waals surface area contributed by atoms with E-state index in [2.05, 4.69) is 10.4 Å². The van der Waals surface area contributed by atoms with Gasteiger partial charge in [0.1, 0.15) is 4.83 Å². The molecule has 3 heterocycles. The molecular formula is C13H17N3O2S. The van der Waals surface area contributed by atoms with E-state index in [0.717, 1.165) is 40.2 Å². The number of nitrogens with zero attached hydrogens (tertiary/aromatic N) is 2. The van der Waals surface area contributed by atoms with Crippen LogP contribution in [0.4, 0.5) is 0 Å².